The van der Waals surface area contributed by atoms with Crippen LogP contribution in [0.15, 0.2) is 48.7 Å². The van der Waals surface area contributed by atoms with Crippen molar-refractivity contribution in [1.29, 1.82) is 5.26 Å². The van der Waals surface area contributed by atoms with Gasteiger partial charge in [-0.25, -0.2) is 0 Å². The first-order valence-electron chi connectivity index (χ1n) is 12.0. The van der Waals surface area contributed by atoms with Gasteiger partial charge < -0.3 is 14.6 Å². The van der Waals surface area contributed by atoms with Crippen LogP contribution in [-0.2, 0) is 19.4 Å². The number of nitrogens with one attached hydrogen (secondary N) is 1. The molecule has 1 aliphatic rings. The average molecular weight is 494 g/mol. The summed E-state index contributed by atoms with van der Waals surface area (Å²) in [6.07, 6.45) is 3.97. The van der Waals surface area contributed by atoms with Crippen LogP contribution in [-0.4, -0.2) is 14.5 Å². The molecule has 3 aromatic carbocycles. The molecule has 1 aliphatic carbocycles. The van der Waals surface area contributed by atoms with Crippen LogP contribution in [0.1, 0.15) is 34.7 Å². The van der Waals surface area contributed by atoms with E-state index in [2.05, 4.69) is 43.4 Å². The lowest BCUT2D eigenvalue weighted by Gasteiger charge is -2.16. The first-order valence-corrected chi connectivity index (χ1v) is 12.4. The number of aromatic nitrogens is 3. The summed E-state index contributed by atoms with van der Waals surface area (Å²) in [7, 11) is 0. The van der Waals surface area contributed by atoms with Crippen LogP contribution in [0.5, 0.6) is 11.6 Å². The lowest BCUT2D eigenvalue weighted by Crippen LogP contribution is -2.03. The van der Waals surface area contributed by atoms with Gasteiger partial charge in [0.2, 0.25) is 11.8 Å². The number of benzene rings is 3. The molecule has 6 rings (SSSR count). The van der Waals surface area contributed by atoms with Gasteiger partial charge in [0, 0.05) is 23.8 Å². The number of nitrogens with zero attached hydrogens (tertiary/aromatic N) is 4. The molecule has 1 N–H and O–H groups in total. The van der Waals surface area contributed by atoms with E-state index in [1.165, 1.54) is 22.1 Å². The number of hydrogen-bond donors (Lipinski definition) is 1. The average Bonchev–Trinajstić information content (AvgIpc) is 3.42. The Balaban J connectivity index is 1.52. The van der Waals surface area contributed by atoms with E-state index in [9.17, 15) is 0 Å². The SMILES string of the molecule is CCn1cc(Cl)c2c(Oc3c(C)cc4c5c(cc(C)cc35)CC4)nc(Nc3ccc(C#N)cc3)nc21. The third-order valence-electron chi connectivity index (χ3n) is 6.79. The molecule has 2 aromatic heterocycles. The molecule has 0 aliphatic heterocycles. The zero-order chi connectivity index (χ0) is 25.0. The van der Waals surface area contributed by atoms with E-state index >= 15 is 0 Å². The summed E-state index contributed by atoms with van der Waals surface area (Å²) < 4.78 is 8.64. The van der Waals surface area contributed by atoms with Crippen LogP contribution < -0.4 is 10.1 Å². The summed E-state index contributed by atoms with van der Waals surface area (Å²) in [5.74, 6) is 1.60. The number of ether oxygens (including phenoxy) is 1. The van der Waals surface area contributed by atoms with Crippen LogP contribution in [0.4, 0.5) is 11.6 Å². The highest BCUT2D eigenvalue weighted by Crippen LogP contribution is 2.43. The molecule has 0 unspecified atom stereocenters. The number of rotatable bonds is 5. The second-order valence-electron chi connectivity index (χ2n) is 9.26. The summed E-state index contributed by atoms with van der Waals surface area (Å²) in [5.41, 5.74) is 7.08. The summed E-state index contributed by atoms with van der Waals surface area (Å²) in [4.78, 5) is 9.52. The summed E-state index contributed by atoms with van der Waals surface area (Å²) in [5, 5.41) is 16.0. The Morgan fingerprint density at radius 3 is 2.53 bits per heavy atom. The molecule has 0 radical (unpaired) electrons. The van der Waals surface area contributed by atoms with Crippen molar-refractivity contribution in [3.05, 3.63) is 81.5 Å². The lowest BCUT2D eigenvalue weighted by atomic mass is 9.98. The molecular weight excluding hydrogens is 470 g/mol. The van der Waals surface area contributed by atoms with Crippen molar-refractivity contribution in [2.24, 2.45) is 0 Å². The van der Waals surface area contributed by atoms with E-state index in [0.717, 1.165) is 35.2 Å². The molecule has 0 saturated heterocycles. The highest BCUT2D eigenvalue weighted by atomic mass is 35.5. The molecular formula is C29H24ClN5O. The van der Waals surface area contributed by atoms with Crippen molar-refractivity contribution in [3.63, 3.8) is 0 Å². The van der Waals surface area contributed by atoms with Crippen LogP contribution in [0.3, 0.4) is 0 Å². The number of anilines is 2. The molecule has 7 heteroatoms. The van der Waals surface area contributed by atoms with E-state index in [4.69, 9.17) is 31.6 Å². The monoisotopic (exact) mass is 493 g/mol. The highest BCUT2D eigenvalue weighted by molar-refractivity contribution is 6.36. The van der Waals surface area contributed by atoms with Crippen LogP contribution >= 0.6 is 11.6 Å². The number of nitriles is 1. The fraction of sp³-hybridized carbons (Fsp3) is 0.207. The van der Waals surface area contributed by atoms with E-state index in [1.54, 1.807) is 12.1 Å². The van der Waals surface area contributed by atoms with Gasteiger partial charge in [0.05, 0.1) is 16.7 Å². The second kappa shape index (κ2) is 8.54. The number of hydrogen-bond acceptors (Lipinski definition) is 5. The minimum absolute atomic E-state index is 0.395. The third kappa shape index (κ3) is 3.64. The van der Waals surface area contributed by atoms with Gasteiger partial charge >= 0.3 is 0 Å². The Morgan fingerprint density at radius 2 is 1.81 bits per heavy atom. The van der Waals surface area contributed by atoms with Gasteiger partial charge in [-0.2, -0.15) is 15.2 Å². The van der Waals surface area contributed by atoms with Crippen molar-refractivity contribution in [2.75, 3.05) is 5.32 Å². The lowest BCUT2D eigenvalue weighted by molar-refractivity contribution is 0.471. The topological polar surface area (TPSA) is 75.8 Å². The summed E-state index contributed by atoms with van der Waals surface area (Å²) >= 11 is 6.69. The molecule has 6 nitrogen and oxygen atoms in total. The molecule has 0 bridgehead atoms. The fourth-order valence-electron chi connectivity index (χ4n) is 5.16. The molecule has 2 heterocycles. The van der Waals surface area contributed by atoms with E-state index in [-0.39, 0.29) is 0 Å². The smallest absolute Gasteiger partial charge is 0.235 e. The molecule has 36 heavy (non-hydrogen) atoms. The molecule has 0 amide bonds. The Bertz CT molecular complexity index is 1700. The zero-order valence-electron chi connectivity index (χ0n) is 20.3. The first kappa shape index (κ1) is 22.4. The van der Waals surface area contributed by atoms with Crippen LogP contribution in [0.2, 0.25) is 5.02 Å². The standard InChI is InChI=1S/C29H24ClN5O/c1-4-35-15-23(30)25-27(35)33-29(32-21-9-5-18(14-31)6-10-21)34-28(25)36-26-17(3)13-20-8-7-19-11-16(2)12-22(26)24(19)20/h5-6,9-13,15H,4,7-8H2,1-3H3,(H,32,33,34). The third-order valence-corrected chi connectivity index (χ3v) is 7.08. The normalized spacial score (nSPS) is 12.3. The number of aryl methyl sites for hydroxylation is 5. The van der Waals surface area contributed by atoms with Gasteiger partial charge in [0.15, 0.2) is 5.65 Å². The minimum Gasteiger partial charge on any atom is -0.437 e. The van der Waals surface area contributed by atoms with Crippen molar-refractivity contribution in [3.8, 4) is 17.7 Å². The predicted octanol–water partition coefficient (Wildman–Crippen LogP) is 7.38. The maximum Gasteiger partial charge on any atom is 0.235 e. The van der Waals surface area contributed by atoms with Gasteiger partial charge in [-0.3, -0.25) is 0 Å². The van der Waals surface area contributed by atoms with Crippen molar-refractivity contribution in [1.82, 2.24) is 14.5 Å². The maximum absolute atomic E-state index is 9.10. The molecule has 0 saturated carbocycles. The molecule has 5 aromatic rings. The Hall–Kier alpha value is -4.08. The van der Waals surface area contributed by atoms with Crippen LogP contribution in [0, 0.1) is 25.2 Å². The number of fused-ring (bicyclic) bond motifs is 1. The molecule has 0 fully saturated rings. The second-order valence-corrected chi connectivity index (χ2v) is 9.67. The van der Waals surface area contributed by atoms with E-state index in [0.29, 0.717) is 40.0 Å². The quantitative estimate of drug-likeness (QED) is 0.276. The Kier molecular flexibility index (Phi) is 5.31. The van der Waals surface area contributed by atoms with Gasteiger partial charge in [-0.05, 0) is 86.0 Å². The fourth-order valence-corrected chi connectivity index (χ4v) is 5.45. The minimum atomic E-state index is 0.395. The zero-order valence-corrected chi connectivity index (χ0v) is 21.1. The largest absolute Gasteiger partial charge is 0.437 e. The first-order chi connectivity index (χ1) is 17.4. The van der Waals surface area contributed by atoms with Crippen molar-refractivity contribution < 1.29 is 4.74 Å². The molecule has 0 atom stereocenters. The highest BCUT2D eigenvalue weighted by Gasteiger charge is 2.23. The van der Waals surface area contributed by atoms with Crippen molar-refractivity contribution >= 4 is 45.0 Å². The van der Waals surface area contributed by atoms with E-state index in [1.807, 2.05) is 29.8 Å². The maximum atomic E-state index is 9.10. The Labute approximate surface area is 214 Å². The van der Waals surface area contributed by atoms with E-state index < -0.39 is 0 Å². The molecule has 178 valence electrons. The van der Waals surface area contributed by atoms with Gasteiger partial charge in [-0.1, -0.05) is 29.3 Å². The Morgan fingerprint density at radius 1 is 1.06 bits per heavy atom. The van der Waals surface area contributed by atoms with Gasteiger partial charge in [0.25, 0.3) is 0 Å². The summed E-state index contributed by atoms with van der Waals surface area (Å²) in [6.45, 7) is 6.96. The molecule has 0 spiro atoms. The summed E-state index contributed by atoms with van der Waals surface area (Å²) in [6, 6.07) is 16.0. The van der Waals surface area contributed by atoms with Gasteiger partial charge in [-0.15, -0.1) is 0 Å². The van der Waals surface area contributed by atoms with Gasteiger partial charge in [0.1, 0.15) is 11.1 Å². The number of halogens is 1. The van der Waals surface area contributed by atoms with Crippen LogP contribution in [0.25, 0.3) is 21.8 Å². The predicted molar refractivity (Wildman–Crippen MR) is 144 cm³/mol. The van der Waals surface area contributed by atoms with Crippen molar-refractivity contribution in [2.45, 2.75) is 40.2 Å².